The predicted octanol–water partition coefficient (Wildman–Crippen LogP) is 2.10. The molecule has 1 saturated heterocycles. The molecule has 2 aromatic rings. The van der Waals surface area contributed by atoms with Crippen molar-refractivity contribution in [3.05, 3.63) is 64.2 Å². The third-order valence-corrected chi connectivity index (χ3v) is 6.44. The van der Waals surface area contributed by atoms with Crippen molar-refractivity contribution >= 4 is 23.4 Å². The molecule has 3 aliphatic rings. The molecule has 160 valence electrons. The van der Waals surface area contributed by atoms with Crippen molar-refractivity contribution in [1.82, 2.24) is 15.5 Å². The minimum atomic E-state index is -0.588. The Balaban J connectivity index is 1.33. The maximum Gasteiger partial charge on any atom is 0.255 e. The van der Waals surface area contributed by atoms with Gasteiger partial charge in [0.1, 0.15) is 6.04 Å². The highest BCUT2D eigenvalue weighted by Gasteiger charge is 2.39. The van der Waals surface area contributed by atoms with Gasteiger partial charge in [-0.1, -0.05) is 24.3 Å². The van der Waals surface area contributed by atoms with Crippen LogP contribution >= 0.6 is 0 Å². The van der Waals surface area contributed by atoms with Gasteiger partial charge in [0.05, 0.1) is 0 Å². The monoisotopic (exact) mass is 418 g/mol. The van der Waals surface area contributed by atoms with Crippen LogP contribution in [0, 0.1) is 0 Å². The molecule has 2 aromatic carbocycles. The van der Waals surface area contributed by atoms with Gasteiger partial charge < -0.3 is 15.5 Å². The van der Waals surface area contributed by atoms with Crippen LogP contribution in [-0.4, -0.2) is 35.2 Å². The van der Waals surface area contributed by atoms with Crippen LogP contribution < -0.4 is 16.0 Å². The molecule has 31 heavy (non-hydrogen) atoms. The predicted molar refractivity (Wildman–Crippen MR) is 116 cm³/mol. The van der Waals surface area contributed by atoms with E-state index < -0.39 is 6.04 Å². The zero-order valence-electron chi connectivity index (χ0n) is 17.4. The maximum atomic E-state index is 13.2. The summed E-state index contributed by atoms with van der Waals surface area (Å²) in [6, 6.07) is 11.8. The minimum Gasteiger partial charge on any atom is -0.381 e. The molecule has 0 aliphatic carbocycles. The van der Waals surface area contributed by atoms with Crippen molar-refractivity contribution in [2.75, 3.05) is 11.9 Å². The molecule has 0 aromatic heterocycles. The summed E-state index contributed by atoms with van der Waals surface area (Å²) in [5.74, 6) is -0.782. The Hall–Kier alpha value is -3.19. The SMILES string of the molecule is O=C1CCC(N2Cc3cccc(CNc4ccc5c(c4)CNCCC5)c3C2=O)C(=O)N1. The molecule has 5 rings (SSSR count). The van der Waals surface area contributed by atoms with E-state index in [1.165, 1.54) is 11.1 Å². The molecular formula is C24H26N4O3. The second-order valence-corrected chi connectivity index (χ2v) is 8.47. The smallest absolute Gasteiger partial charge is 0.255 e. The van der Waals surface area contributed by atoms with Crippen LogP contribution in [0.25, 0.3) is 0 Å². The van der Waals surface area contributed by atoms with Crippen molar-refractivity contribution in [1.29, 1.82) is 0 Å². The van der Waals surface area contributed by atoms with Crippen LogP contribution in [0.1, 0.15) is 51.9 Å². The Morgan fingerprint density at radius 1 is 1.03 bits per heavy atom. The molecule has 0 bridgehead atoms. The second-order valence-electron chi connectivity index (χ2n) is 8.47. The zero-order chi connectivity index (χ0) is 21.4. The minimum absolute atomic E-state index is 0.131. The van der Waals surface area contributed by atoms with Crippen LogP contribution in [0.4, 0.5) is 5.69 Å². The van der Waals surface area contributed by atoms with Crippen molar-refractivity contribution in [3.8, 4) is 0 Å². The fourth-order valence-corrected chi connectivity index (χ4v) is 4.81. The zero-order valence-corrected chi connectivity index (χ0v) is 17.4. The molecule has 3 aliphatic heterocycles. The van der Waals surface area contributed by atoms with Crippen LogP contribution in [0.15, 0.2) is 36.4 Å². The van der Waals surface area contributed by atoms with E-state index in [9.17, 15) is 14.4 Å². The third-order valence-electron chi connectivity index (χ3n) is 6.44. The maximum absolute atomic E-state index is 13.2. The van der Waals surface area contributed by atoms with Crippen molar-refractivity contribution < 1.29 is 14.4 Å². The normalized spacial score (nSPS) is 20.7. The summed E-state index contributed by atoms with van der Waals surface area (Å²) in [4.78, 5) is 38.6. The van der Waals surface area contributed by atoms with Gasteiger partial charge in [0.2, 0.25) is 11.8 Å². The lowest BCUT2D eigenvalue weighted by Crippen LogP contribution is -2.52. The van der Waals surface area contributed by atoms with E-state index in [4.69, 9.17) is 0 Å². The fourth-order valence-electron chi connectivity index (χ4n) is 4.81. The molecular weight excluding hydrogens is 392 g/mol. The van der Waals surface area contributed by atoms with Gasteiger partial charge in [-0.3, -0.25) is 19.7 Å². The van der Waals surface area contributed by atoms with Crippen molar-refractivity contribution in [2.45, 2.75) is 51.4 Å². The number of rotatable bonds is 4. The highest BCUT2D eigenvalue weighted by Crippen LogP contribution is 2.30. The number of nitrogens with one attached hydrogen (secondary N) is 3. The lowest BCUT2D eigenvalue weighted by atomic mass is 10.0. The number of hydrogen-bond acceptors (Lipinski definition) is 5. The van der Waals surface area contributed by atoms with E-state index in [1.54, 1.807) is 4.90 Å². The quantitative estimate of drug-likeness (QED) is 0.662. The largest absolute Gasteiger partial charge is 0.381 e. The standard InChI is InChI=1S/C24H26N4O3/c29-21-9-8-20(23(30)27-21)28-14-17-4-1-3-16(22(17)24(28)31)13-26-19-7-6-15-5-2-10-25-12-18(15)11-19/h1,3-4,6-7,11,20,25-26H,2,5,8-10,12-14H2,(H,27,29,30). The molecule has 3 amide bonds. The Labute approximate surface area is 181 Å². The first kappa shape index (κ1) is 19.8. The lowest BCUT2D eigenvalue weighted by Gasteiger charge is -2.29. The average Bonchev–Trinajstić information content (AvgIpc) is 2.94. The summed E-state index contributed by atoms with van der Waals surface area (Å²) in [7, 11) is 0. The summed E-state index contributed by atoms with van der Waals surface area (Å²) in [6.07, 6.45) is 2.89. The third kappa shape index (κ3) is 3.81. The van der Waals surface area contributed by atoms with E-state index in [0.717, 1.165) is 42.7 Å². The average molecular weight is 418 g/mol. The Bertz CT molecular complexity index is 1060. The highest BCUT2D eigenvalue weighted by molar-refractivity contribution is 6.06. The van der Waals surface area contributed by atoms with E-state index >= 15 is 0 Å². The number of imide groups is 1. The number of benzene rings is 2. The van der Waals surface area contributed by atoms with Gasteiger partial charge in [-0.25, -0.2) is 0 Å². The summed E-state index contributed by atoms with van der Waals surface area (Å²) in [5, 5.41) is 9.28. The Morgan fingerprint density at radius 2 is 1.94 bits per heavy atom. The molecule has 1 unspecified atom stereocenters. The highest BCUT2D eigenvalue weighted by atomic mass is 16.2. The first-order valence-electron chi connectivity index (χ1n) is 10.9. The second kappa shape index (κ2) is 8.15. The van der Waals surface area contributed by atoms with Gasteiger partial charge in [-0.05, 0) is 60.2 Å². The van der Waals surface area contributed by atoms with E-state index in [1.807, 2.05) is 18.2 Å². The number of carbonyl (C=O) groups excluding carboxylic acids is 3. The topological polar surface area (TPSA) is 90.5 Å². The number of anilines is 1. The van der Waals surface area contributed by atoms with Crippen LogP contribution in [0.2, 0.25) is 0 Å². The van der Waals surface area contributed by atoms with Gasteiger partial charge in [-0.2, -0.15) is 0 Å². The number of fused-ring (bicyclic) bond motifs is 2. The van der Waals surface area contributed by atoms with Crippen molar-refractivity contribution in [3.63, 3.8) is 0 Å². The number of carbonyl (C=O) groups is 3. The Kier molecular flexibility index (Phi) is 5.19. The number of piperidine rings is 1. The van der Waals surface area contributed by atoms with E-state index in [-0.39, 0.29) is 24.1 Å². The van der Waals surface area contributed by atoms with Crippen LogP contribution in [0.3, 0.4) is 0 Å². The summed E-state index contributed by atoms with van der Waals surface area (Å²) in [5.41, 5.74) is 6.28. The van der Waals surface area contributed by atoms with Gasteiger partial charge in [0.25, 0.3) is 5.91 Å². The number of hydrogen-bond donors (Lipinski definition) is 3. The lowest BCUT2D eigenvalue weighted by molar-refractivity contribution is -0.136. The first-order valence-corrected chi connectivity index (χ1v) is 10.9. The Morgan fingerprint density at radius 3 is 2.81 bits per heavy atom. The molecule has 7 nitrogen and oxygen atoms in total. The summed E-state index contributed by atoms with van der Waals surface area (Å²) in [6.45, 7) is 2.85. The van der Waals surface area contributed by atoms with Gasteiger partial charge in [0.15, 0.2) is 0 Å². The number of nitrogens with zero attached hydrogens (tertiary/aromatic N) is 1. The van der Waals surface area contributed by atoms with E-state index in [0.29, 0.717) is 25.1 Å². The number of aryl methyl sites for hydroxylation is 1. The molecule has 1 fully saturated rings. The molecule has 3 heterocycles. The summed E-state index contributed by atoms with van der Waals surface area (Å²) < 4.78 is 0. The number of amides is 3. The molecule has 7 heteroatoms. The fraction of sp³-hybridized carbons (Fsp3) is 0.375. The summed E-state index contributed by atoms with van der Waals surface area (Å²) >= 11 is 0. The molecule has 0 radical (unpaired) electrons. The van der Waals surface area contributed by atoms with Crippen molar-refractivity contribution in [2.24, 2.45) is 0 Å². The van der Waals surface area contributed by atoms with Gasteiger partial charge >= 0.3 is 0 Å². The van der Waals surface area contributed by atoms with Crippen LogP contribution in [0.5, 0.6) is 0 Å². The van der Waals surface area contributed by atoms with E-state index in [2.05, 4.69) is 34.1 Å². The molecule has 3 N–H and O–H groups in total. The molecule has 0 spiro atoms. The molecule has 0 saturated carbocycles. The van der Waals surface area contributed by atoms with Crippen LogP contribution in [-0.2, 0) is 35.6 Å². The first-order chi connectivity index (χ1) is 15.1. The van der Waals surface area contributed by atoms with Gasteiger partial charge in [0, 0.05) is 37.3 Å². The van der Waals surface area contributed by atoms with Gasteiger partial charge in [-0.15, -0.1) is 0 Å². The molecule has 1 atom stereocenters.